The van der Waals surface area contributed by atoms with E-state index in [4.69, 9.17) is 4.74 Å². The third-order valence-electron chi connectivity index (χ3n) is 6.07. The maximum atomic E-state index is 13.4. The molecule has 0 spiro atoms. The van der Waals surface area contributed by atoms with Crippen LogP contribution in [0.25, 0.3) is 6.08 Å². The summed E-state index contributed by atoms with van der Waals surface area (Å²) in [5, 5.41) is 0. The molecule has 5 rings (SSSR count). The Morgan fingerprint density at radius 1 is 1.00 bits per heavy atom. The van der Waals surface area contributed by atoms with E-state index in [2.05, 4.69) is 9.88 Å². The van der Waals surface area contributed by atoms with Crippen molar-refractivity contribution in [3.05, 3.63) is 89.8 Å². The van der Waals surface area contributed by atoms with Gasteiger partial charge in [0.15, 0.2) is 11.5 Å². The van der Waals surface area contributed by atoms with Crippen LogP contribution in [0.4, 0.5) is 11.5 Å². The lowest BCUT2D eigenvalue weighted by molar-refractivity contribution is -0.131. The molecule has 0 atom stereocenters. The summed E-state index contributed by atoms with van der Waals surface area (Å²) in [7, 11) is 0. The van der Waals surface area contributed by atoms with Crippen molar-refractivity contribution in [2.45, 2.75) is 6.92 Å². The zero-order chi connectivity index (χ0) is 23.5. The Morgan fingerprint density at radius 2 is 1.79 bits per heavy atom. The number of piperazine rings is 1. The Bertz CT molecular complexity index is 1230. The summed E-state index contributed by atoms with van der Waals surface area (Å²) in [6, 6.07) is 21.0. The molecule has 0 saturated carbocycles. The molecule has 172 valence electrons. The molecular formula is C27H26N4O3. The lowest BCUT2D eigenvalue weighted by atomic mass is 10.1. The summed E-state index contributed by atoms with van der Waals surface area (Å²) >= 11 is 0. The van der Waals surface area contributed by atoms with E-state index in [0.717, 1.165) is 16.9 Å². The summed E-state index contributed by atoms with van der Waals surface area (Å²) in [4.78, 5) is 36.5. The van der Waals surface area contributed by atoms with E-state index in [1.54, 1.807) is 12.3 Å². The fourth-order valence-electron chi connectivity index (χ4n) is 4.29. The van der Waals surface area contributed by atoms with E-state index in [-0.39, 0.29) is 24.1 Å². The SMILES string of the molecule is Cc1cccc(/C=C2/Oc3ccccc3N(CC(=O)N3CCN(c4ccccn4)CC3)C2=O)c1. The molecule has 1 fully saturated rings. The molecule has 2 aromatic carbocycles. The van der Waals surface area contributed by atoms with E-state index in [0.29, 0.717) is 37.6 Å². The molecule has 3 aromatic rings. The van der Waals surface area contributed by atoms with Crippen LogP contribution in [-0.2, 0) is 9.59 Å². The Labute approximate surface area is 198 Å². The summed E-state index contributed by atoms with van der Waals surface area (Å²) in [6.07, 6.45) is 3.50. The summed E-state index contributed by atoms with van der Waals surface area (Å²) in [5.74, 6) is 1.28. The first-order valence-corrected chi connectivity index (χ1v) is 11.4. The Hall–Kier alpha value is -4.13. The summed E-state index contributed by atoms with van der Waals surface area (Å²) in [6.45, 7) is 4.54. The number of ether oxygens (including phenoxy) is 1. The number of rotatable bonds is 4. The molecule has 3 heterocycles. The van der Waals surface area contributed by atoms with E-state index in [1.807, 2.05) is 78.6 Å². The Balaban J connectivity index is 1.33. The largest absolute Gasteiger partial charge is 0.449 e. The van der Waals surface area contributed by atoms with Crippen molar-refractivity contribution in [2.24, 2.45) is 0 Å². The zero-order valence-corrected chi connectivity index (χ0v) is 19.1. The minimum atomic E-state index is -0.319. The molecule has 7 nitrogen and oxygen atoms in total. The lowest BCUT2D eigenvalue weighted by Crippen LogP contribution is -2.52. The van der Waals surface area contributed by atoms with Crippen LogP contribution in [0, 0.1) is 6.92 Å². The predicted molar refractivity (Wildman–Crippen MR) is 132 cm³/mol. The van der Waals surface area contributed by atoms with E-state index in [9.17, 15) is 9.59 Å². The van der Waals surface area contributed by atoms with Gasteiger partial charge in [-0.2, -0.15) is 0 Å². The first-order chi connectivity index (χ1) is 16.6. The number of aromatic nitrogens is 1. The van der Waals surface area contributed by atoms with Crippen LogP contribution >= 0.6 is 0 Å². The van der Waals surface area contributed by atoms with Gasteiger partial charge in [-0.15, -0.1) is 0 Å². The van der Waals surface area contributed by atoms with E-state index < -0.39 is 0 Å². The van der Waals surface area contributed by atoms with Crippen LogP contribution in [0.2, 0.25) is 0 Å². The molecule has 0 unspecified atom stereocenters. The highest BCUT2D eigenvalue weighted by atomic mass is 16.5. The normalized spacial score (nSPS) is 16.9. The molecule has 7 heteroatoms. The van der Waals surface area contributed by atoms with Gasteiger partial charge in [0.25, 0.3) is 5.91 Å². The Kier molecular flexibility index (Phi) is 5.99. The lowest BCUT2D eigenvalue weighted by Gasteiger charge is -2.37. The fourth-order valence-corrected chi connectivity index (χ4v) is 4.29. The summed E-state index contributed by atoms with van der Waals surface area (Å²) in [5.41, 5.74) is 2.57. The van der Waals surface area contributed by atoms with Gasteiger partial charge in [-0.25, -0.2) is 4.98 Å². The Morgan fingerprint density at radius 3 is 2.56 bits per heavy atom. The molecular weight excluding hydrogens is 428 g/mol. The molecule has 0 bridgehead atoms. The number of carbonyl (C=O) groups excluding carboxylic acids is 2. The standard InChI is InChI=1S/C27H26N4O3/c1-20-7-6-8-21(17-20)18-24-27(33)31(22-9-2-3-10-23(22)34-24)19-26(32)30-15-13-29(14-16-30)25-11-4-5-12-28-25/h2-12,17-18H,13-16,19H2,1H3/b24-18+. The van der Waals surface area contributed by atoms with Gasteiger partial charge in [0, 0.05) is 32.4 Å². The van der Waals surface area contributed by atoms with Crippen molar-refractivity contribution in [3.63, 3.8) is 0 Å². The molecule has 2 aliphatic rings. The monoisotopic (exact) mass is 454 g/mol. The van der Waals surface area contributed by atoms with Gasteiger partial charge in [-0.3, -0.25) is 14.5 Å². The highest BCUT2D eigenvalue weighted by Gasteiger charge is 2.33. The molecule has 34 heavy (non-hydrogen) atoms. The first-order valence-electron chi connectivity index (χ1n) is 11.4. The second-order valence-corrected chi connectivity index (χ2v) is 8.44. The number of pyridine rings is 1. The summed E-state index contributed by atoms with van der Waals surface area (Å²) < 4.78 is 5.94. The number of carbonyl (C=O) groups is 2. The van der Waals surface area contributed by atoms with Gasteiger partial charge in [0.2, 0.25) is 5.91 Å². The predicted octanol–water partition coefficient (Wildman–Crippen LogP) is 3.51. The van der Waals surface area contributed by atoms with Gasteiger partial charge < -0.3 is 14.5 Å². The van der Waals surface area contributed by atoms with Crippen molar-refractivity contribution in [3.8, 4) is 5.75 Å². The number of para-hydroxylation sites is 2. The molecule has 2 amide bonds. The third-order valence-corrected chi connectivity index (χ3v) is 6.07. The van der Waals surface area contributed by atoms with E-state index >= 15 is 0 Å². The van der Waals surface area contributed by atoms with Gasteiger partial charge >= 0.3 is 0 Å². The van der Waals surface area contributed by atoms with Crippen LogP contribution < -0.4 is 14.5 Å². The molecule has 0 N–H and O–H groups in total. The quantitative estimate of drug-likeness (QED) is 0.565. The number of anilines is 2. The van der Waals surface area contributed by atoms with E-state index in [1.165, 1.54) is 4.90 Å². The first kappa shape index (κ1) is 21.7. The average Bonchev–Trinajstić information content (AvgIpc) is 2.87. The number of amides is 2. The van der Waals surface area contributed by atoms with Gasteiger partial charge in [0.1, 0.15) is 12.4 Å². The second kappa shape index (κ2) is 9.39. The molecule has 0 aliphatic carbocycles. The van der Waals surface area contributed by atoms with Crippen molar-refractivity contribution in [1.29, 1.82) is 0 Å². The maximum Gasteiger partial charge on any atom is 0.294 e. The number of hydrogen-bond donors (Lipinski definition) is 0. The number of hydrogen-bond acceptors (Lipinski definition) is 5. The molecule has 2 aliphatic heterocycles. The topological polar surface area (TPSA) is 66.0 Å². The van der Waals surface area contributed by atoms with Crippen LogP contribution in [0.3, 0.4) is 0 Å². The minimum Gasteiger partial charge on any atom is -0.449 e. The van der Waals surface area contributed by atoms with Crippen molar-refractivity contribution < 1.29 is 14.3 Å². The zero-order valence-electron chi connectivity index (χ0n) is 19.1. The number of benzene rings is 2. The smallest absolute Gasteiger partial charge is 0.294 e. The highest BCUT2D eigenvalue weighted by molar-refractivity contribution is 6.12. The molecule has 1 saturated heterocycles. The van der Waals surface area contributed by atoms with Gasteiger partial charge in [-0.1, -0.05) is 48.0 Å². The minimum absolute atomic E-state index is 0.0338. The maximum absolute atomic E-state index is 13.4. The van der Waals surface area contributed by atoms with Crippen LogP contribution in [0.5, 0.6) is 5.75 Å². The van der Waals surface area contributed by atoms with Crippen molar-refractivity contribution in [2.75, 3.05) is 42.5 Å². The number of aryl methyl sites for hydroxylation is 1. The van der Waals surface area contributed by atoms with Crippen molar-refractivity contribution in [1.82, 2.24) is 9.88 Å². The third kappa shape index (κ3) is 4.50. The van der Waals surface area contributed by atoms with Crippen LogP contribution in [0.1, 0.15) is 11.1 Å². The van der Waals surface area contributed by atoms with Crippen molar-refractivity contribution >= 4 is 29.4 Å². The average molecular weight is 455 g/mol. The van der Waals surface area contributed by atoms with Gasteiger partial charge in [-0.05, 0) is 42.8 Å². The molecule has 0 radical (unpaired) electrons. The molecule has 1 aromatic heterocycles. The highest BCUT2D eigenvalue weighted by Crippen LogP contribution is 2.35. The fraction of sp³-hybridized carbons (Fsp3) is 0.222. The van der Waals surface area contributed by atoms with Crippen LogP contribution in [0.15, 0.2) is 78.7 Å². The second-order valence-electron chi connectivity index (χ2n) is 8.44. The number of nitrogens with zero attached hydrogens (tertiary/aromatic N) is 4. The van der Waals surface area contributed by atoms with Gasteiger partial charge in [0.05, 0.1) is 5.69 Å². The number of fused-ring (bicyclic) bond motifs is 1. The van der Waals surface area contributed by atoms with Crippen LogP contribution in [-0.4, -0.2) is 54.4 Å².